The topological polar surface area (TPSA) is 47.6 Å². The minimum atomic E-state index is -4.43. The number of halogens is 5. The Kier molecular flexibility index (Phi) is 6.59. The monoisotopic (exact) mass is 389 g/mol. The molecule has 146 valence electrons. The van der Waals surface area contributed by atoms with Crippen LogP contribution in [0.4, 0.5) is 22.0 Å². The van der Waals surface area contributed by atoms with E-state index in [2.05, 4.69) is 10.1 Å². The number of carbonyl (C=O) groups excluding carboxylic acids is 1. The SMILES string of the molecule is CCOc1cc(C(=O)NCc2ccc(C(F)(F)F)cc2)ccc1OC(F)F. The Morgan fingerprint density at radius 3 is 2.30 bits per heavy atom. The van der Waals surface area contributed by atoms with Crippen LogP contribution in [-0.2, 0) is 12.7 Å². The highest BCUT2D eigenvalue weighted by molar-refractivity contribution is 5.94. The minimum Gasteiger partial charge on any atom is -0.490 e. The summed E-state index contributed by atoms with van der Waals surface area (Å²) >= 11 is 0. The molecule has 4 nitrogen and oxygen atoms in total. The Labute approximate surface area is 151 Å². The van der Waals surface area contributed by atoms with Crippen LogP contribution >= 0.6 is 0 Å². The fraction of sp³-hybridized carbons (Fsp3) is 0.278. The molecule has 0 aliphatic heterocycles. The third-order valence-corrected chi connectivity index (χ3v) is 3.46. The van der Waals surface area contributed by atoms with E-state index in [0.717, 1.165) is 12.1 Å². The Morgan fingerprint density at radius 2 is 1.74 bits per heavy atom. The van der Waals surface area contributed by atoms with Crippen molar-refractivity contribution in [3.05, 3.63) is 59.2 Å². The molecule has 0 radical (unpaired) electrons. The van der Waals surface area contributed by atoms with Crippen molar-refractivity contribution in [2.75, 3.05) is 6.61 Å². The van der Waals surface area contributed by atoms with Crippen LogP contribution in [0.5, 0.6) is 11.5 Å². The zero-order valence-corrected chi connectivity index (χ0v) is 14.1. The normalized spacial score (nSPS) is 11.4. The third kappa shape index (κ3) is 5.83. The number of nitrogens with one attached hydrogen (secondary N) is 1. The lowest BCUT2D eigenvalue weighted by Gasteiger charge is -2.13. The summed E-state index contributed by atoms with van der Waals surface area (Å²) in [6.45, 7) is -1.22. The first-order valence-electron chi connectivity index (χ1n) is 7.86. The van der Waals surface area contributed by atoms with E-state index in [4.69, 9.17) is 4.74 Å². The number of hydrogen-bond donors (Lipinski definition) is 1. The summed E-state index contributed by atoms with van der Waals surface area (Å²) in [6.07, 6.45) is -4.43. The highest BCUT2D eigenvalue weighted by Crippen LogP contribution is 2.30. The molecule has 0 aromatic heterocycles. The van der Waals surface area contributed by atoms with Crippen molar-refractivity contribution < 1.29 is 36.2 Å². The van der Waals surface area contributed by atoms with E-state index in [0.29, 0.717) is 5.56 Å². The van der Waals surface area contributed by atoms with Gasteiger partial charge >= 0.3 is 12.8 Å². The number of amides is 1. The number of carbonyl (C=O) groups is 1. The van der Waals surface area contributed by atoms with Crippen LogP contribution < -0.4 is 14.8 Å². The van der Waals surface area contributed by atoms with Gasteiger partial charge in [0, 0.05) is 12.1 Å². The first-order valence-corrected chi connectivity index (χ1v) is 7.86. The van der Waals surface area contributed by atoms with Gasteiger partial charge in [0.2, 0.25) is 0 Å². The second-order valence-corrected chi connectivity index (χ2v) is 5.35. The van der Waals surface area contributed by atoms with E-state index in [1.165, 1.54) is 30.3 Å². The molecule has 0 saturated heterocycles. The van der Waals surface area contributed by atoms with Crippen LogP contribution in [0.15, 0.2) is 42.5 Å². The first-order chi connectivity index (χ1) is 12.7. The van der Waals surface area contributed by atoms with Crippen LogP contribution in [0.3, 0.4) is 0 Å². The molecule has 2 aromatic rings. The highest BCUT2D eigenvalue weighted by atomic mass is 19.4. The summed E-state index contributed by atoms with van der Waals surface area (Å²) in [5.74, 6) is -0.759. The lowest BCUT2D eigenvalue weighted by Crippen LogP contribution is -2.23. The standard InChI is InChI=1S/C18H16F5NO3/c1-2-26-15-9-12(5-8-14(15)27-17(19)20)16(25)24-10-11-3-6-13(7-4-11)18(21,22)23/h3-9,17H,2,10H2,1H3,(H,24,25). The van der Waals surface area contributed by atoms with Crippen molar-refractivity contribution in [3.8, 4) is 11.5 Å². The van der Waals surface area contributed by atoms with Gasteiger partial charge in [-0.05, 0) is 42.8 Å². The number of ether oxygens (including phenoxy) is 2. The Morgan fingerprint density at radius 1 is 1.07 bits per heavy atom. The molecule has 0 spiro atoms. The summed E-state index contributed by atoms with van der Waals surface area (Å²) in [4.78, 5) is 12.2. The molecule has 2 rings (SSSR count). The number of hydrogen-bond acceptors (Lipinski definition) is 3. The number of benzene rings is 2. The summed E-state index contributed by atoms with van der Waals surface area (Å²) in [7, 11) is 0. The zero-order chi connectivity index (χ0) is 20.0. The molecule has 0 fully saturated rings. The predicted octanol–water partition coefficient (Wildman–Crippen LogP) is 4.64. The number of alkyl halides is 5. The van der Waals surface area contributed by atoms with E-state index >= 15 is 0 Å². The molecule has 0 unspecified atom stereocenters. The zero-order valence-electron chi connectivity index (χ0n) is 14.1. The average Bonchev–Trinajstić information content (AvgIpc) is 2.60. The van der Waals surface area contributed by atoms with Crippen LogP contribution in [0, 0.1) is 0 Å². The van der Waals surface area contributed by atoms with Crippen molar-refractivity contribution in [1.82, 2.24) is 5.32 Å². The van der Waals surface area contributed by atoms with Gasteiger partial charge in [-0.25, -0.2) is 0 Å². The van der Waals surface area contributed by atoms with Crippen molar-refractivity contribution in [2.45, 2.75) is 26.3 Å². The average molecular weight is 389 g/mol. The Hall–Kier alpha value is -2.84. The van der Waals surface area contributed by atoms with Crippen molar-refractivity contribution in [3.63, 3.8) is 0 Å². The maximum atomic E-state index is 12.5. The van der Waals surface area contributed by atoms with Gasteiger partial charge in [0.25, 0.3) is 5.91 Å². The van der Waals surface area contributed by atoms with Gasteiger partial charge in [-0.3, -0.25) is 4.79 Å². The lowest BCUT2D eigenvalue weighted by molar-refractivity contribution is -0.137. The van der Waals surface area contributed by atoms with Crippen LogP contribution in [0.1, 0.15) is 28.4 Å². The minimum absolute atomic E-state index is 0.00375. The molecule has 9 heteroatoms. The lowest BCUT2D eigenvalue weighted by atomic mass is 10.1. The first kappa shape index (κ1) is 20.5. The van der Waals surface area contributed by atoms with E-state index < -0.39 is 24.3 Å². The van der Waals surface area contributed by atoms with E-state index in [-0.39, 0.29) is 30.2 Å². The molecule has 2 aromatic carbocycles. The summed E-state index contributed by atoms with van der Waals surface area (Å²) < 4.78 is 71.9. The fourth-order valence-electron chi connectivity index (χ4n) is 2.21. The van der Waals surface area contributed by atoms with Gasteiger partial charge in [-0.1, -0.05) is 12.1 Å². The van der Waals surface area contributed by atoms with Crippen molar-refractivity contribution in [1.29, 1.82) is 0 Å². The molecule has 0 aliphatic rings. The smallest absolute Gasteiger partial charge is 0.416 e. The third-order valence-electron chi connectivity index (χ3n) is 3.46. The quantitative estimate of drug-likeness (QED) is 0.702. The molecule has 27 heavy (non-hydrogen) atoms. The molecule has 1 amide bonds. The molecular formula is C18H16F5NO3. The van der Waals surface area contributed by atoms with Crippen LogP contribution in [-0.4, -0.2) is 19.1 Å². The molecule has 0 bridgehead atoms. The highest BCUT2D eigenvalue weighted by Gasteiger charge is 2.29. The largest absolute Gasteiger partial charge is 0.490 e. The van der Waals surface area contributed by atoms with Crippen LogP contribution in [0.2, 0.25) is 0 Å². The molecule has 0 saturated carbocycles. The van der Waals surface area contributed by atoms with Gasteiger partial charge in [-0.2, -0.15) is 22.0 Å². The van der Waals surface area contributed by atoms with Gasteiger partial charge in [0.15, 0.2) is 11.5 Å². The van der Waals surface area contributed by atoms with E-state index in [1.54, 1.807) is 6.92 Å². The van der Waals surface area contributed by atoms with Crippen molar-refractivity contribution >= 4 is 5.91 Å². The van der Waals surface area contributed by atoms with Crippen molar-refractivity contribution in [2.24, 2.45) is 0 Å². The van der Waals surface area contributed by atoms with Crippen LogP contribution in [0.25, 0.3) is 0 Å². The maximum absolute atomic E-state index is 12.5. The predicted molar refractivity (Wildman–Crippen MR) is 86.9 cm³/mol. The van der Waals surface area contributed by atoms with Gasteiger partial charge in [0.05, 0.1) is 12.2 Å². The fourth-order valence-corrected chi connectivity index (χ4v) is 2.21. The summed E-state index contributed by atoms with van der Waals surface area (Å²) in [5.41, 5.74) is -0.181. The maximum Gasteiger partial charge on any atom is 0.416 e. The molecule has 0 aliphatic carbocycles. The van der Waals surface area contributed by atoms with Gasteiger partial charge in [0.1, 0.15) is 0 Å². The molecule has 0 heterocycles. The van der Waals surface area contributed by atoms with Gasteiger partial charge < -0.3 is 14.8 Å². The second-order valence-electron chi connectivity index (χ2n) is 5.35. The van der Waals surface area contributed by atoms with Gasteiger partial charge in [-0.15, -0.1) is 0 Å². The second kappa shape index (κ2) is 8.70. The Balaban J connectivity index is 2.06. The summed E-state index contributed by atoms with van der Waals surface area (Å²) in [6, 6.07) is 8.08. The van der Waals surface area contributed by atoms with E-state index in [9.17, 15) is 26.7 Å². The molecule has 0 atom stereocenters. The number of rotatable bonds is 7. The molecule has 1 N–H and O–H groups in total. The summed E-state index contributed by atoms with van der Waals surface area (Å²) in [5, 5.41) is 2.54. The van der Waals surface area contributed by atoms with E-state index in [1.807, 2.05) is 0 Å². The Bertz CT molecular complexity index is 776. The molecular weight excluding hydrogens is 373 g/mol.